The van der Waals surface area contributed by atoms with Crippen LogP contribution in [0.4, 0.5) is 0 Å². The van der Waals surface area contributed by atoms with Crippen molar-refractivity contribution in [3.63, 3.8) is 0 Å². The Labute approximate surface area is 185 Å². The highest BCUT2D eigenvalue weighted by Crippen LogP contribution is 2.44. The summed E-state index contributed by atoms with van der Waals surface area (Å²) in [5.74, 6) is -0.853. The van der Waals surface area contributed by atoms with Crippen LogP contribution in [0, 0.1) is 4.78 Å². The van der Waals surface area contributed by atoms with Crippen LogP contribution in [0.2, 0.25) is 5.02 Å². The van der Waals surface area contributed by atoms with Crippen LogP contribution < -0.4 is 10.9 Å². The van der Waals surface area contributed by atoms with E-state index < -0.39 is 25.9 Å². The number of nitrogens with zero attached hydrogens (tertiary/aromatic N) is 2. The van der Waals surface area contributed by atoms with Crippen LogP contribution in [0.15, 0.2) is 41.2 Å². The van der Waals surface area contributed by atoms with Crippen molar-refractivity contribution in [1.29, 1.82) is 4.78 Å². The summed E-state index contributed by atoms with van der Waals surface area (Å²) in [4.78, 5) is 39.9. The van der Waals surface area contributed by atoms with Gasteiger partial charge in [-0.3, -0.25) is 19.2 Å². The molecule has 0 unspecified atom stereocenters. The highest BCUT2D eigenvalue weighted by Gasteiger charge is 2.51. The SMILES string of the molecule is C[S@](=N)(=O)C1(CN2CCn3c(ccc(C(=O)NCc4ccc(Cl)cc4)c3=O)C2=O)CC1. The summed E-state index contributed by atoms with van der Waals surface area (Å²) in [6.45, 7) is 1.02. The summed E-state index contributed by atoms with van der Waals surface area (Å²) in [5.41, 5.74) is 0.506. The van der Waals surface area contributed by atoms with Gasteiger partial charge in [0.25, 0.3) is 17.4 Å². The summed E-state index contributed by atoms with van der Waals surface area (Å²) in [5, 5.41) is 3.31. The highest BCUT2D eigenvalue weighted by atomic mass is 35.5. The Hall–Kier alpha value is -2.65. The lowest BCUT2D eigenvalue weighted by molar-refractivity contribution is 0.0695. The van der Waals surface area contributed by atoms with E-state index in [-0.39, 0.29) is 43.3 Å². The van der Waals surface area contributed by atoms with Crippen LogP contribution in [0.1, 0.15) is 39.3 Å². The monoisotopic (exact) mass is 462 g/mol. The van der Waals surface area contributed by atoms with Gasteiger partial charge in [-0.2, -0.15) is 0 Å². The Morgan fingerprint density at radius 3 is 2.45 bits per heavy atom. The number of carbonyl (C=O) groups is 2. The first-order valence-electron chi connectivity index (χ1n) is 9.90. The summed E-state index contributed by atoms with van der Waals surface area (Å²) in [6, 6.07) is 9.86. The predicted octanol–water partition coefficient (Wildman–Crippen LogP) is 2.10. The van der Waals surface area contributed by atoms with E-state index in [2.05, 4.69) is 5.32 Å². The number of carbonyl (C=O) groups excluding carboxylic acids is 2. The Bertz CT molecular complexity index is 1220. The lowest BCUT2D eigenvalue weighted by Crippen LogP contribution is -2.49. The number of fused-ring (bicyclic) bond motifs is 1. The molecule has 2 amide bonds. The van der Waals surface area contributed by atoms with Crippen molar-refractivity contribution in [2.75, 3.05) is 19.3 Å². The van der Waals surface area contributed by atoms with Crippen LogP contribution in [-0.2, 0) is 22.8 Å². The smallest absolute Gasteiger partial charge is 0.270 e. The van der Waals surface area contributed by atoms with Crippen LogP contribution in [0.25, 0.3) is 0 Å². The molecule has 1 aliphatic carbocycles. The van der Waals surface area contributed by atoms with Gasteiger partial charge in [0.1, 0.15) is 11.3 Å². The number of hydrogen-bond donors (Lipinski definition) is 2. The van der Waals surface area contributed by atoms with E-state index in [4.69, 9.17) is 16.4 Å². The molecule has 1 aromatic heterocycles. The molecule has 1 saturated carbocycles. The second kappa shape index (κ2) is 7.80. The van der Waals surface area contributed by atoms with E-state index in [1.54, 1.807) is 29.2 Å². The van der Waals surface area contributed by atoms with E-state index >= 15 is 0 Å². The first-order chi connectivity index (χ1) is 14.6. The van der Waals surface area contributed by atoms with E-state index in [9.17, 15) is 18.6 Å². The molecule has 1 aliphatic heterocycles. The van der Waals surface area contributed by atoms with Gasteiger partial charge < -0.3 is 14.8 Å². The summed E-state index contributed by atoms with van der Waals surface area (Å²) in [6.07, 6.45) is 2.74. The van der Waals surface area contributed by atoms with E-state index in [0.29, 0.717) is 17.9 Å². The number of benzene rings is 1. The van der Waals surface area contributed by atoms with Crippen LogP contribution >= 0.6 is 11.6 Å². The maximum atomic E-state index is 12.9. The Kier molecular flexibility index (Phi) is 5.43. The van der Waals surface area contributed by atoms with Crippen LogP contribution in [0.3, 0.4) is 0 Å². The molecule has 0 bridgehead atoms. The molecule has 10 heteroatoms. The number of pyridine rings is 1. The lowest BCUT2D eigenvalue weighted by Gasteiger charge is -2.32. The number of halogens is 1. The first-order valence-corrected chi connectivity index (χ1v) is 12.2. The first kappa shape index (κ1) is 21.6. The third kappa shape index (κ3) is 4.12. The maximum Gasteiger partial charge on any atom is 0.270 e. The van der Waals surface area contributed by atoms with Crippen molar-refractivity contribution in [3.8, 4) is 0 Å². The third-order valence-electron chi connectivity index (χ3n) is 6.00. The van der Waals surface area contributed by atoms with Crippen LogP contribution in [-0.4, -0.2) is 49.6 Å². The van der Waals surface area contributed by atoms with Crippen molar-refractivity contribution in [3.05, 3.63) is 68.6 Å². The molecule has 8 nitrogen and oxygen atoms in total. The van der Waals surface area contributed by atoms with Gasteiger partial charge in [-0.1, -0.05) is 23.7 Å². The van der Waals surface area contributed by atoms with Gasteiger partial charge in [-0.05, 0) is 42.7 Å². The second-order valence-corrected chi connectivity index (χ2v) is 11.1. The van der Waals surface area contributed by atoms with Gasteiger partial charge in [0.15, 0.2) is 0 Å². The van der Waals surface area contributed by atoms with E-state index in [1.165, 1.54) is 23.0 Å². The van der Waals surface area contributed by atoms with Crippen molar-refractivity contribution < 1.29 is 13.8 Å². The fourth-order valence-electron chi connectivity index (χ4n) is 3.83. The zero-order valence-electron chi connectivity index (χ0n) is 17.0. The summed E-state index contributed by atoms with van der Waals surface area (Å²) >= 11 is 5.86. The normalized spacial score (nSPS) is 18.8. The second-order valence-electron chi connectivity index (χ2n) is 8.15. The fraction of sp³-hybridized carbons (Fsp3) is 0.381. The molecule has 31 heavy (non-hydrogen) atoms. The van der Waals surface area contributed by atoms with Gasteiger partial charge >= 0.3 is 0 Å². The van der Waals surface area contributed by atoms with E-state index in [0.717, 1.165) is 5.56 Å². The summed E-state index contributed by atoms with van der Waals surface area (Å²) < 4.78 is 20.9. The zero-order valence-corrected chi connectivity index (χ0v) is 18.6. The molecule has 4 rings (SSSR count). The minimum atomic E-state index is -2.77. The van der Waals surface area contributed by atoms with Crippen LogP contribution in [0.5, 0.6) is 0 Å². The van der Waals surface area contributed by atoms with Crippen molar-refractivity contribution in [2.45, 2.75) is 30.7 Å². The van der Waals surface area contributed by atoms with Gasteiger partial charge in [-0.25, -0.2) is 4.21 Å². The molecule has 0 spiro atoms. The largest absolute Gasteiger partial charge is 0.348 e. The Balaban J connectivity index is 1.50. The summed E-state index contributed by atoms with van der Waals surface area (Å²) in [7, 11) is -2.77. The van der Waals surface area contributed by atoms with Gasteiger partial charge in [-0.15, -0.1) is 0 Å². The molecule has 0 radical (unpaired) electrons. The molecule has 1 atom stereocenters. The molecular formula is C21H23ClN4O4S. The lowest BCUT2D eigenvalue weighted by atomic mass is 10.1. The van der Waals surface area contributed by atoms with Crippen molar-refractivity contribution >= 4 is 33.1 Å². The topological polar surface area (TPSA) is 112 Å². The van der Waals surface area contributed by atoms with Gasteiger partial charge in [0.2, 0.25) is 0 Å². The number of rotatable bonds is 6. The fourth-order valence-corrected chi connectivity index (χ4v) is 5.24. The standard InChI is InChI=1S/C21H23ClN4O4S/c1-31(23,30)21(8-9-21)13-25-10-11-26-17(20(25)29)7-6-16(19(26)28)18(27)24-12-14-2-4-15(22)5-3-14/h2-7,23H,8-13H2,1H3,(H,24,27)/t31-/m0/s1. The average Bonchev–Trinajstić information content (AvgIpc) is 3.51. The molecule has 2 N–H and O–H groups in total. The molecule has 1 aromatic carbocycles. The predicted molar refractivity (Wildman–Crippen MR) is 118 cm³/mol. The molecule has 2 heterocycles. The highest BCUT2D eigenvalue weighted by molar-refractivity contribution is 7.93. The molecule has 0 saturated heterocycles. The Morgan fingerprint density at radius 2 is 1.84 bits per heavy atom. The minimum absolute atomic E-state index is 0.0274. The molecule has 2 aromatic rings. The average molecular weight is 463 g/mol. The minimum Gasteiger partial charge on any atom is -0.348 e. The molecule has 1 fully saturated rings. The Morgan fingerprint density at radius 1 is 1.16 bits per heavy atom. The van der Waals surface area contributed by atoms with Gasteiger partial charge in [0.05, 0.1) is 4.75 Å². The quantitative estimate of drug-likeness (QED) is 0.684. The molecule has 164 valence electrons. The number of nitrogens with one attached hydrogen (secondary N) is 2. The molecular weight excluding hydrogens is 440 g/mol. The third-order valence-corrected chi connectivity index (χ3v) is 8.44. The molecule has 2 aliphatic rings. The number of aromatic nitrogens is 1. The van der Waals surface area contributed by atoms with E-state index in [1.807, 2.05) is 0 Å². The van der Waals surface area contributed by atoms with Gasteiger partial charge in [0, 0.05) is 47.2 Å². The number of amides is 2. The van der Waals surface area contributed by atoms with Crippen molar-refractivity contribution in [1.82, 2.24) is 14.8 Å². The zero-order chi connectivity index (χ0) is 22.4. The van der Waals surface area contributed by atoms with Crippen molar-refractivity contribution in [2.24, 2.45) is 0 Å². The maximum absolute atomic E-state index is 12.9. The number of hydrogen-bond acceptors (Lipinski definition) is 5.